The van der Waals surface area contributed by atoms with Crippen LogP contribution in [0.15, 0.2) is 24.5 Å². The van der Waals surface area contributed by atoms with Crippen molar-refractivity contribution in [1.29, 1.82) is 0 Å². The number of nitrogens with one attached hydrogen (secondary N) is 1. The summed E-state index contributed by atoms with van der Waals surface area (Å²) in [4.78, 5) is 0. The minimum absolute atomic E-state index is 0.111. The molecule has 0 aliphatic rings. The first kappa shape index (κ1) is 14.4. The number of halogens is 3. The van der Waals surface area contributed by atoms with Crippen molar-refractivity contribution in [2.45, 2.75) is 12.4 Å². The normalized spacial score (nSPS) is 12.6. The van der Waals surface area contributed by atoms with Gasteiger partial charge in [0.2, 0.25) is 0 Å². The maximum atomic E-state index is 12.3. The zero-order valence-electron chi connectivity index (χ0n) is 10.2. The predicted molar refractivity (Wildman–Crippen MR) is 65.0 cm³/mol. The number of aromatic nitrogens is 2. The molecule has 2 rings (SSSR count). The quantitative estimate of drug-likeness (QED) is 0.691. The molecular formula is C10H10F3N3O3S. The lowest BCUT2D eigenvalue weighted by atomic mass is 10.3. The van der Waals surface area contributed by atoms with E-state index in [4.69, 9.17) is 0 Å². The van der Waals surface area contributed by atoms with Crippen LogP contribution in [0.2, 0.25) is 0 Å². The van der Waals surface area contributed by atoms with E-state index in [1.807, 2.05) is 0 Å². The Morgan fingerprint density at radius 3 is 2.75 bits per heavy atom. The van der Waals surface area contributed by atoms with Gasteiger partial charge in [-0.3, -0.25) is 0 Å². The standard InChI is InChI=1S/C10H10F3N3O3S/c1-2-14-7-5-9(8-3-4-15-16(8)6-7)19-20(17,18)10(11,12)13/h3-6,14H,2H2,1H3. The number of hydrogen-bond donors (Lipinski definition) is 1. The summed E-state index contributed by atoms with van der Waals surface area (Å²) < 4.78 is 64.5. The average molecular weight is 309 g/mol. The van der Waals surface area contributed by atoms with Gasteiger partial charge in [0.1, 0.15) is 5.52 Å². The van der Waals surface area contributed by atoms with Crippen LogP contribution in [0.1, 0.15) is 6.92 Å². The Kier molecular flexibility index (Phi) is 3.50. The highest BCUT2D eigenvalue weighted by Gasteiger charge is 2.48. The molecule has 0 saturated heterocycles. The Balaban J connectivity index is 2.50. The highest BCUT2D eigenvalue weighted by atomic mass is 32.2. The van der Waals surface area contributed by atoms with E-state index in [2.05, 4.69) is 14.6 Å². The van der Waals surface area contributed by atoms with Crippen molar-refractivity contribution >= 4 is 21.3 Å². The summed E-state index contributed by atoms with van der Waals surface area (Å²) in [6.45, 7) is 2.28. The molecule has 0 atom stereocenters. The molecule has 10 heteroatoms. The van der Waals surface area contributed by atoms with Crippen LogP contribution in [0, 0.1) is 0 Å². The van der Waals surface area contributed by atoms with Crippen molar-refractivity contribution in [2.75, 3.05) is 11.9 Å². The van der Waals surface area contributed by atoms with Gasteiger partial charge < -0.3 is 9.50 Å². The van der Waals surface area contributed by atoms with Crippen molar-refractivity contribution in [2.24, 2.45) is 0 Å². The molecule has 0 unspecified atom stereocenters. The van der Waals surface area contributed by atoms with Crippen LogP contribution in [0.5, 0.6) is 5.75 Å². The number of alkyl halides is 3. The lowest BCUT2D eigenvalue weighted by Gasteiger charge is -2.12. The van der Waals surface area contributed by atoms with Crippen LogP contribution in [0.3, 0.4) is 0 Å². The van der Waals surface area contributed by atoms with Gasteiger partial charge in [-0.05, 0) is 13.0 Å². The molecule has 6 nitrogen and oxygen atoms in total. The Hall–Kier alpha value is -1.97. The fourth-order valence-electron chi connectivity index (χ4n) is 1.53. The van der Waals surface area contributed by atoms with Crippen LogP contribution < -0.4 is 9.50 Å². The summed E-state index contributed by atoms with van der Waals surface area (Å²) in [5, 5.41) is 6.67. The monoisotopic (exact) mass is 309 g/mol. The Bertz CT molecular complexity index is 724. The molecule has 0 bridgehead atoms. The van der Waals surface area contributed by atoms with Gasteiger partial charge in [-0.1, -0.05) is 0 Å². The van der Waals surface area contributed by atoms with Crippen LogP contribution in [0.25, 0.3) is 5.52 Å². The maximum Gasteiger partial charge on any atom is 0.534 e. The van der Waals surface area contributed by atoms with E-state index >= 15 is 0 Å². The number of nitrogens with zero attached hydrogens (tertiary/aromatic N) is 2. The van der Waals surface area contributed by atoms with Gasteiger partial charge >= 0.3 is 15.6 Å². The summed E-state index contributed by atoms with van der Waals surface area (Å²) in [6.07, 6.45) is 2.82. The smallest absolute Gasteiger partial charge is 0.384 e. The lowest BCUT2D eigenvalue weighted by molar-refractivity contribution is -0.0499. The first-order valence-corrected chi connectivity index (χ1v) is 6.87. The van der Waals surface area contributed by atoms with Gasteiger partial charge in [0.15, 0.2) is 5.75 Å². The predicted octanol–water partition coefficient (Wildman–Crippen LogP) is 1.99. The second-order valence-electron chi connectivity index (χ2n) is 3.77. The number of rotatable bonds is 4. The first-order valence-electron chi connectivity index (χ1n) is 5.46. The first-order chi connectivity index (χ1) is 9.24. The second kappa shape index (κ2) is 4.85. The second-order valence-corrected chi connectivity index (χ2v) is 5.31. The zero-order valence-corrected chi connectivity index (χ0v) is 11.0. The molecule has 20 heavy (non-hydrogen) atoms. The Morgan fingerprint density at radius 2 is 2.15 bits per heavy atom. The van der Waals surface area contributed by atoms with Crippen molar-refractivity contribution in [1.82, 2.24) is 9.61 Å². The largest absolute Gasteiger partial charge is 0.534 e. The summed E-state index contributed by atoms with van der Waals surface area (Å²) in [5.74, 6) is -0.446. The third kappa shape index (κ3) is 2.64. The topological polar surface area (TPSA) is 72.7 Å². The van der Waals surface area contributed by atoms with Crippen LogP contribution in [-0.2, 0) is 10.1 Å². The van der Waals surface area contributed by atoms with E-state index < -0.39 is 21.4 Å². The molecular weight excluding hydrogens is 299 g/mol. The molecule has 0 saturated carbocycles. The molecule has 0 aromatic carbocycles. The molecule has 2 aromatic heterocycles. The highest BCUT2D eigenvalue weighted by Crippen LogP contribution is 2.31. The fraction of sp³-hybridized carbons (Fsp3) is 0.300. The van der Waals surface area contributed by atoms with Crippen molar-refractivity contribution in [3.63, 3.8) is 0 Å². The van der Waals surface area contributed by atoms with Gasteiger partial charge in [-0.15, -0.1) is 0 Å². The minimum Gasteiger partial charge on any atom is -0.384 e. The summed E-state index contributed by atoms with van der Waals surface area (Å²) in [6, 6.07) is 2.51. The van der Waals surface area contributed by atoms with E-state index in [1.54, 1.807) is 6.92 Å². The van der Waals surface area contributed by atoms with E-state index in [1.165, 1.54) is 29.0 Å². The van der Waals surface area contributed by atoms with Crippen LogP contribution >= 0.6 is 0 Å². The summed E-state index contributed by atoms with van der Waals surface area (Å²) >= 11 is 0. The third-order valence-corrected chi connectivity index (χ3v) is 3.30. The van der Waals surface area contributed by atoms with Crippen LogP contribution in [0.4, 0.5) is 18.9 Å². The number of hydrogen-bond acceptors (Lipinski definition) is 5. The molecule has 2 heterocycles. The minimum atomic E-state index is -5.72. The van der Waals surface area contributed by atoms with Gasteiger partial charge in [0.25, 0.3) is 0 Å². The van der Waals surface area contributed by atoms with Crippen molar-refractivity contribution in [3.8, 4) is 5.75 Å². The van der Waals surface area contributed by atoms with E-state index in [0.29, 0.717) is 12.2 Å². The molecule has 0 amide bonds. The fourth-order valence-corrected chi connectivity index (χ4v) is 1.99. The van der Waals surface area contributed by atoms with Gasteiger partial charge in [-0.2, -0.15) is 26.7 Å². The van der Waals surface area contributed by atoms with E-state index in [-0.39, 0.29) is 5.52 Å². The SMILES string of the molecule is CCNc1cc(OS(=O)(=O)C(F)(F)F)c2ccnn2c1. The molecule has 0 spiro atoms. The summed E-state index contributed by atoms with van der Waals surface area (Å²) in [5.41, 5.74) is -4.99. The zero-order chi connectivity index (χ0) is 15.0. The molecule has 0 fully saturated rings. The van der Waals surface area contributed by atoms with Gasteiger partial charge in [0, 0.05) is 12.6 Å². The number of fused-ring (bicyclic) bond motifs is 1. The molecule has 0 aliphatic heterocycles. The van der Waals surface area contributed by atoms with Crippen molar-refractivity contribution < 1.29 is 25.8 Å². The average Bonchev–Trinajstić information content (AvgIpc) is 2.75. The van der Waals surface area contributed by atoms with E-state index in [9.17, 15) is 21.6 Å². The Labute approximate surface area is 112 Å². The lowest BCUT2D eigenvalue weighted by Crippen LogP contribution is -2.28. The van der Waals surface area contributed by atoms with E-state index in [0.717, 1.165) is 0 Å². The molecule has 2 aromatic rings. The van der Waals surface area contributed by atoms with Gasteiger partial charge in [0.05, 0.1) is 18.1 Å². The number of pyridine rings is 1. The molecule has 1 N–H and O–H groups in total. The van der Waals surface area contributed by atoms with Crippen LogP contribution in [-0.4, -0.2) is 30.1 Å². The molecule has 0 radical (unpaired) electrons. The molecule has 110 valence electrons. The van der Waals surface area contributed by atoms with Gasteiger partial charge in [-0.25, -0.2) is 4.52 Å². The van der Waals surface area contributed by atoms with Crippen molar-refractivity contribution in [3.05, 3.63) is 24.5 Å². The molecule has 0 aliphatic carbocycles. The summed E-state index contributed by atoms with van der Waals surface area (Å²) in [7, 11) is -5.72. The Morgan fingerprint density at radius 1 is 1.45 bits per heavy atom. The third-order valence-electron chi connectivity index (χ3n) is 2.33. The highest BCUT2D eigenvalue weighted by molar-refractivity contribution is 7.88. The maximum absolute atomic E-state index is 12.3. The number of anilines is 1.